The number of nitrogens with one attached hydrogen (secondary N) is 1. The fourth-order valence-electron chi connectivity index (χ4n) is 1.41. The number of hydrogen-bond donors (Lipinski definition) is 2. The lowest BCUT2D eigenvalue weighted by Crippen LogP contribution is -2.32. The molecule has 0 aliphatic rings. The number of ether oxygens (including phenoxy) is 1. The molecule has 0 unspecified atom stereocenters. The SMILES string of the molecule is CCOc1ccc(N)cc1C(=O)N[C@@H](C)CC. The van der Waals surface area contributed by atoms with E-state index in [1.807, 2.05) is 20.8 Å². The van der Waals surface area contributed by atoms with Crippen LogP contribution < -0.4 is 15.8 Å². The number of rotatable bonds is 5. The Morgan fingerprint density at radius 2 is 2.18 bits per heavy atom. The number of hydrogen-bond acceptors (Lipinski definition) is 3. The Morgan fingerprint density at radius 3 is 2.76 bits per heavy atom. The summed E-state index contributed by atoms with van der Waals surface area (Å²) in [6.45, 7) is 6.39. The Kier molecular flexibility index (Phi) is 4.82. The van der Waals surface area contributed by atoms with Crippen LogP contribution in [0.4, 0.5) is 5.69 Å². The molecule has 17 heavy (non-hydrogen) atoms. The minimum absolute atomic E-state index is 0.137. The molecule has 0 aromatic heterocycles. The van der Waals surface area contributed by atoms with Crippen LogP contribution in [0.25, 0.3) is 0 Å². The van der Waals surface area contributed by atoms with Gasteiger partial charge in [-0.25, -0.2) is 0 Å². The average molecular weight is 236 g/mol. The summed E-state index contributed by atoms with van der Waals surface area (Å²) in [5, 5.41) is 2.90. The summed E-state index contributed by atoms with van der Waals surface area (Å²) in [5.74, 6) is 0.428. The van der Waals surface area contributed by atoms with Crippen molar-refractivity contribution in [1.82, 2.24) is 5.32 Å². The molecule has 0 aliphatic carbocycles. The van der Waals surface area contributed by atoms with Crippen LogP contribution in [0.5, 0.6) is 5.75 Å². The normalized spacial score (nSPS) is 11.9. The number of anilines is 1. The summed E-state index contributed by atoms with van der Waals surface area (Å²) in [5.41, 5.74) is 6.74. The lowest BCUT2D eigenvalue weighted by Gasteiger charge is -2.14. The molecule has 1 amide bonds. The number of nitrogen functional groups attached to an aromatic ring is 1. The van der Waals surface area contributed by atoms with Crippen LogP contribution >= 0.6 is 0 Å². The van der Waals surface area contributed by atoms with Crippen molar-refractivity contribution < 1.29 is 9.53 Å². The molecule has 0 spiro atoms. The number of carbonyl (C=O) groups excluding carboxylic acids is 1. The zero-order valence-electron chi connectivity index (χ0n) is 10.6. The Balaban J connectivity index is 2.93. The highest BCUT2D eigenvalue weighted by Crippen LogP contribution is 2.21. The fraction of sp³-hybridized carbons (Fsp3) is 0.462. The van der Waals surface area contributed by atoms with Crippen molar-refractivity contribution in [3.8, 4) is 5.75 Å². The first-order valence-corrected chi connectivity index (χ1v) is 5.91. The first-order chi connectivity index (χ1) is 8.08. The van der Waals surface area contributed by atoms with E-state index in [2.05, 4.69) is 5.32 Å². The maximum Gasteiger partial charge on any atom is 0.255 e. The molecule has 1 aromatic rings. The Hall–Kier alpha value is -1.71. The predicted octanol–water partition coefficient (Wildman–Crippen LogP) is 2.20. The van der Waals surface area contributed by atoms with Crippen molar-refractivity contribution >= 4 is 11.6 Å². The monoisotopic (exact) mass is 236 g/mol. The maximum atomic E-state index is 12.0. The van der Waals surface area contributed by atoms with Crippen LogP contribution in [-0.4, -0.2) is 18.6 Å². The first kappa shape index (κ1) is 13.4. The van der Waals surface area contributed by atoms with Crippen LogP contribution in [0, 0.1) is 0 Å². The summed E-state index contributed by atoms with van der Waals surface area (Å²) in [4.78, 5) is 12.0. The smallest absolute Gasteiger partial charge is 0.255 e. The van der Waals surface area contributed by atoms with Gasteiger partial charge >= 0.3 is 0 Å². The van der Waals surface area contributed by atoms with Crippen molar-refractivity contribution in [2.24, 2.45) is 0 Å². The number of carbonyl (C=O) groups is 1. The minimum Gasteiger partial charge on any atom is -0.493 e. The van der Waals surface area contributed by atoms with Crippen LogP contribution in [0.1, 0.15) is 37.6 Å². The molecule has 1 atom stereocenters. The van der Waals surface area contributed by atoms with Gasteiger partial charge in [0.25, 0.3) is 5.91 Å². The summed E-state index contributed by atoms with van der Waals surface area (Å²) < 4.78 is 5.41. The lowest BCUT2D eigenvalue weighted by molar-refractivity contribution is 0.0935. The zero-order valence-corrected chi connectivity index (χ0v) is 10.6. The van der Waals surface area contributed by atoms with Gasteiger partial charge in [0.05, 0.1) is 12.2 Å². The molecule has 0 saturated heterocycles. The summed E-state index contributed by atoms with van der Waals surface area (Å²) in [7, 11) is 0. The molecule has 0 bridgehead atoms. The van der Waals surface area contributed by atoms with Gasteiger partial charge in [-0.1, -0.05) is 6.92 Å². The second-order valence-electron chi connectivity index (χ2n) is 3.97. The second-order valence-corrected chi connectivity index (χ2v) is 3.97. The highest BCUT2D eigenvalue weighted by atomic mass is 16.5. The summed E-state index contributed by atoms with van der Waals surface area (Å²) in [6, 6.07) is 5.23. The molecule has 0 fully saturated rings. The van der Waals surface area contributed by atoms with Gasteiger partial charge in [-0.15, -0.1) is 0 Å². The van der Waals surface area contributed by atoms with Crippen LogP contribution in [-0.2, 0) is 0 Å². The fourth-order valence-corrected chi connectivity index (χ4v) is 1.41. The summed E-state index contributed by atoms with van der Waals surface area (Å²) >= 11 is 0. The Bertz CT molecular complexity index is 391. The van der Waals surface area contributed by atoms with E-state index >= 15 is 0 Å². The lowest BCUT2D eigenvalue weighted by atomic mass is 10.1. The largest absolute Gasteiger partial charge is 0.493 e. The van der Waals surface area contributed by atoms with Crippen molar-refractivity contribution in [3.05, 3.63) is 23.8 Å². The zero-order chi connectivity index (χ0) is 12.8. The maximum absolute atomic E-state index is 12.0. The molecule has 3 N–H and O–H groups in total. The van der Waals surface area contributed by atoms with E-state index in [-0.39, 0.29) is 11.9 Å². The molecule has 0 heterocycles. The molecule has 0 saturated carbocycles. The van der Waals surface area contributed by atoms with Crippen molar-refractivity contribution in [3.63, 3.8) is 0 Å². The number of amides is 1. The average Bonchev–Trinajstić information content (AvgIpc) is 2.31. The highest BCUT2D eigenvalue weighted by molar-refractivity contribution is 5.98. The summed E-state index contributed by atoms with van der Waals surface area (Å²) in [6.07, 6.45) is 0.887. The second kappa shape index (κ2) is 6.13. The van der Waals surface area contributed by atoms with E-state index < -0.39 is 0 Å². The quantitative estimate of drug-likeness (QED) is 0.770. The van der Waals surface area contributed by atoms with E-state index in [1.54, 1.807) is 18.2 Å². The van der Waals surface area contributed by atoms with E-state index in [0.717, 1.165) is 6.42 Å². The molecule has 0 aliphatic heterocycles. The van der Waals surface area contributed by atoms with Gasteiger partial charge in [0.2, 0.25) is 0 Å². The molecule has 94 valence electrons. The third-order valence-corrected chi connectivity index (χ3v) is 2.54. The standard InChI is InChI=1S/C13H20N2O2/c1-4-9(3)15-13(16)11-8-10(14)6-7-12(11)17-5-2/h6-9H,4-5,14H2,1-3H3,(H,15,16)/t9-/m0/s1. The van der Waals surface area contributed by atoms with E-state index in [4.69, 9.17) is 10.5 Å². The first-order valence-electron chi connectivity index (χ1n) is 5.91. The molecular formula is C13H20N2O2. The third kappa shape index (κ3) is 3.66. The molecule has 1 rings (SSSR count). The van der Waals surface area contributed by atoms with Gasteiger partial charge in [-0.3, -0.25) is 4.79 Å². The predicted molar refractivity (Wildman–Crippen MR) is 69.2 cm³/mol. The van der Waals surface area contributed by atoms with Gasteiger partial charge in [0, 0.05) is 11.7 Å². The molecule has 1 aromatic carbocycles. The van der Waals surface area contributed by atoms with E-state index in [0.29, 0.717) is 23.6 Å². The highest BCUT2D eigenvalue weighted by Gasteiger charge is 2.14. The van der Waals surface area contributed by atoms with Crippen LogP contribution in [0.3, 0.4) is 0 Å². The van der Waals surface area contributed by atoms with Gasteiger partial charge in [-0.2, -0.15) is 0 Å². The van der Waals surface area contributed by atoms with Crippen LogP contribution in [0.2, 0.25) is 0 Å². The molecular weight excluding hydrogens is 216 g/mol. The van der Waals surface area contributed by atoms with Gasteiger partial charge < -0.3 is 15.8 Å². The van der Waals surface area contributed by atoms with Crippen molar-refractivity contribution in [2.45, 2.75) is 33.2 Å². The third-order valence-electron chi connectivity index (χ3n) is 2.54. The molecule has 4 nitrogen and oxygen atoms in total. The van der Waals surface area contributed by atoms with Gasteiger partial charge in [0.15, 0.2) is 0 Å². The molecule has 0 radical (unpaired) electrons. The van der Waals surface area contributed by atoms with Crippen molar-refractivity contribution in [2.75, 3.05) is 12.3 Å². The number of benzene rings is 1. The van der Waals surface area contributed by atoms with Gasteiger partial charge in [-0.05, 0) is 38.5 Å². The minimum atomic E-state index is -0.143. The number of nitrogens with two attached hydrogens (primary N) is 1. The van der Waals surface area contributed by atoms with Crippen LogP contribution in [0.15, 0.2) is 18.2 Å². The van der Waals surface area contributed by atoms with Gasteiger partial charge in [0.1, 0.15) is 5.75 Å². The Labute approximate surface area is 102 Å². The van der Waals surface area contributed by atoms with E-state index in [9.17, 15) is 4.79 Å². The Morgan fingerprint density at radius 1 is 1.47 bits per heavy atom. The molecule has 4 heteroatoms. The van der Waals surface area contributed by atoms with Crippen molar-refractivity contribution in [1.29, 1.82) is 0 Å². The van der Waals surface area contributed by atoms with E-state index in [1.165, 1.54) is 0 Å². The topological polar surface area (TPSA) is 64.3 Å².